The van der Waals surface area contributed by atoms with E-state index in [0.717, 1.165) is 36.3 Å². The van der Waals surface area contributed by atoms with Crippen LogP contribution < -0.4 is 5.32 Å². The van der Waals surface area contributed by atoms with Gasteiger partial charge in [0.15, 0.2) is 0 Å². The lowest BCUT2D eigenvalue weighted by molar-refractivity contribution is -0.129. The number of hydrogen-bond acceptors (Lipinski definition) is 2. The number of nitrogens with one attached hydrogen (secondary N) is 1. The van der Waals surface area contributed by atoms with Gasteiger partial charge >= 0.3 is 0 Å². The van der Waals surface area contributed by atoms with Gasteiger partial charge in [0.1, 0.15) is 0 Å². The van der Waals surface area contributed by atoms with Crippen LogP contribution >= 0.6 is 0 Å². The minimum absolute atomic E-state index is 0.248. The van der Waals surface area contributed by atoms with Crippen LogP contribution in [0.3, 0.4) is 0 Å². The zero-order chi connectivity index (χ0) is 18.3. The summed E-state index contributed by atoms with van der Waals surface area (Å²) in [6.07, 6.45) is 12.7. The lowest BCUT2D eigenvalue weighted by Gasteiger charge is -2.56. The van der Waals surface area contributed by atoms with Gasteiger partial charge in [-0.05, 0) is 78.9 Å². The number of nitrogens with zero attached hydrogens (tertiary/aromatic N) is 2. The Morgan fingerprint density at radius 3 is 2.26 bits per heavy atom. The van der Waals surface area contributed by atoms with Crippen molar-refractivity contribution >= 4 is 5.91 Å². The number of carbonyl (C=O) groups excluding carboxylic acids is 1. The molecule has 4 aliphatic carbocycles. The van der Waals surface area contributed by atoms with E-state index in [1.807, 2.05) is 16.9 Å². The quantitative estimate of drug-likeness (QED) is 0.838. The van der Waals surface area contributed by atoms with Crippen molar-refractivity contribution in [3.8, 4) is 0 Å². The maximum absolute atomic E-state index is 12.7. The van der Waals surface area contributed by atoms with E-state index in [0.29, 0.717) is 12.0 Å². The fraction of sp³-hybridized carbons (Fsp3) is 0.565. The van der Waals surface area contributed by atoms with Gasteiger partial charge in [-0.25, -0.2) is 0 Å². The monoisotopic (exact) mass is 363 g/mol. The molecular weight excluding hydrogens is 334 g/mol. The van der Waals surface area contributed by atoms with Crippen molar-refractivity contribution in [1.29, 1.82) is 0 Å². The summed E-state index contributed by atoms with van der Waals surface area (Å²) in [7, 11) is 0. The molecule has 142 valence electrons. The summed E-state index contributed by atoms with van der Waals surface area (Å²) in [6.45, 7) is 1.42. The second kappa shape index (κ2) is 6.81. The van der Waals surface area contributed by atoms with Gasteiger partial charge in [0.25, 0.3) is 0 Å². The second-order valence-corrected chi connectivity index (χ2v) is 9.39. The fourth-order valence-corrected chi connectivity index (χ4v) is 6.45. The van der Waals surface area contributed by atoms with Crippen molar-refractivity contribution in [2.75, 3.05) is 0 Å². The molecule has 4 saturated carbocycles. The maximum Gasteiger partial charge on any atom is 0.220 e. The topological polar surface area (TPSA) is 46.9 Å². The average Bonchev–Trinajstić information content (AvgIpc) is 3.12. The Labute approximate surface area is 161 Å². The Bertz CT molecular complexity index is 758. The number of rotatable bonds is 6. The third kappa shape index (κ3) is 3.67. The molecule has 0 saturated heterocycles. The van der Waals surface area contributed by atoms with Crippen LogP contribution in [-0.2, 0) is 17.9 Å². The minimum atomic E-state index is 0.248. The Kier molecular flexibility index (Phi) is 4.30. The first kappa shape index (κ1) is 17.0. The zero-order valence-electron chi connectivity index (χ0n) is 15.9. The molecule has 4 bridgehead atoms. The van der Waals surface area contributed by atoms with E-state index in [1.54, 1.807) is 6.20 Å². The number of carbonyl (C=O) groups is 1. The van der Waals surface area contributed by atoms with E-state index in [4.69, 9.17) is 0 Å². The Morgan fingerprint density at radius 1 is 1.04 bits per heavy atom. The molecule has 0 atom stereocenters. The van der Waals surface area contributed by atoms with Gasteiger partial charge < -0.3 is 5.32 Å². The molecule has 0 aliphatic heterocycles. The molecule has 1 aromatic carbocycles. The van der Waals surface area contributed by atoms with Gasteiger partial charge in [0, 0.05) is 25.4 Å². The number of hydrogen-bond donors (Lipinski definition) is 1. The summed E-state index contributed by atoms with van der Waals surface area (Å²) < 4.78 is 1.92. The van der Waals surface area contributed by atoms with Crippen molar-refractivity contribution in [3.63, 3.8) is 0 Å². The van der Waals surface area contributed by atoms with Crippen LogP contribution in [-0.4, -0.2) is 15.7 Å². The predicted octanol–water partition coefficient (Wildman–Crippen LogP) is 4.15. The first-order valence-corrected chi connectivity index (χ1v) is 10.5. The summed E-state index contributed by atoms with van der Waals surface area (Å²) in [5.74, 6) is 2.97. The van der Waals surface area contributed by atoms with E-state index in [2.05, 4.69) is 34.7 Å². The predicted molar refractivity (Wildman–Crippen MR) is 105 cm³/mol. The molecular formula is C23H29N3O. The van der Waals surface area contributed by atoms with Crippen LogP contribution in [0.25, 0.3) is 0 Å². The third-order valence-electron chi connectivity index (χ3n) is 7.12. The molecule has 4 nitrogen and oxygen atoms in total. The Balaban J connectivity index is 1.14. The lowest BCUT2D eigenvalue weighted by Crippen LogP contribution is -2.47. The Hall–Kier alpha value is -2.10. The molecule has 0 radical (unpaired) electrons. The molecule has 4 heteroatoms. The second-order valence-electron chi connectivity index (χ2n) is 9.39. The molecule has 4 aliphatic rings. The Morgan fingerprint density at radius 2 is 1.67 bits per heavy atom. The summed E-state index contributed by atoms with van der Waals surface area (Å²) >= 11 is 0. The molecule has 6 rings (SSSR count). The van der Waals surface area contributed by atoms with E-state index in [1.165, 1.54) is 44.1 Å². The van der Waals surface area contributed by atoms with Crippen LogP contribution in [0.5, 0.6) is 0 Å². The molecule has 4 fully saturated rings. The summed E-state index contributed by atoms with van der Waals surface area (Å²) in [5.41, 5.74) is 2.72. The highest BCUT2D eigenvalue weighted by molar-refractivity contribution is 5.76. The molecule has 1 amide bonds. The summed E-state index contributed by atoms with van der Waals surface area (Å²) in [4.78, 5) is 12.7. The van der Waals surface area contributed by atoms with Crippen molar-refractivity contribution in [1.82, 2.24) is 15.1 Å². The van der Waals surface area contributed by atoms with Crippen LogP contribution in [0, 0.1) is 23.2 Å². The number of benzene rings is 1. The molecule has 2 aromatic rings. The third-order valence-corrected chi connectivity index (χ3v) is 7.12. The van der Waals surface area contributed by atoms with Crippen molar-refractivity contribution in [2.24, 2.45) is 23.2 Å². The van der Waals surface area contributed by atoms with Crippen LogP contribution in [0.4, 0.5) is 0 Å². The highest BCUT2D eigenvalue weighted by atomic mass is 16.1. The van der Waals surface area contributed by atoms with Crippen LogP contribution in [0.1, 0.15) is 56.1 Å². The van der Waals surface area contributed by atoms with Gasteiger partial charge in [-0.2, -0.15) is 5.10 Å². The fourth-order valence-electron chi connectivity index (χ4n) is 6.45. The normalized spacial score (nSPS) is 31.2. The number of amides is 1. The van der Waals surface area contributed by atoms with E-state index >= 15 is 0 Å². The molecule has 0 spiro atoms. The summed E-state index contributed by atoms with van der Waals surface area (Å²) in [6, 6.07) is 10.4. The van der Waals surface area contributed by atoms with Gasteiger partial charge in [-0.3, -0.25) is 9.48 Å². The first-order chi connectivity index (χ1) is 13.2. The molecule has 1 N–H and O–H groups in total. The molecule has 1 heterocycles. The molecule has 1 aromatic heterocycles. The van der Waals surface area contributed by atoms with Crippen molar-refractivity contribution in [2.45, 2.75) is 58.0 Å². The lowest BCUT2D eigenvalue weighted by atomic mass is 9.49. The van der Waals surface area contributed by atoms with Gasteiger partial charge in [0.2, 0.25) is 5.91 Å². The largest absolute Gasteiger partial charge is 0.352 e. The van der Waals surface area contributed by atoms with Crippen LogP contribution in [0.2, 0.25) is 0 Å². The standard InChI is InChI=1S/C23H29N3O/c27-22(14-23-11-19-8-20(12-23)10-21(9-19)13-23)24-15-17-2-4-18(5-3-17)16-26-7-1-6-25-26/h1-7,19-21H,8-16H2,(H,24,27). The highest BCUT2D eigenvalue weighted by Crippen LogP contribution is 2.61. The molecule has 27 heavy (non-hydrogen) atoms. The first-order valence-electron chi connectivity index (χ1n) is 10.5. The van der Waals surface area contributed by atoms with E-state index in [-0.39, 0.29) is 5.91 Å². The highest BCUT2D eigenvalue weighted by Gasteiger charge is 2.51. The maximum atomic E-state index is 12.7. The van der Waals surface area contributed by atoms with Gasteiger partial charge in [0.05, 0.1) is 6.54 Å². The van der Waals surface area contributed by atoms with E-state index in [9.17, 15) is 4.79 Å². The van der Waals surface area contributed by atoms with E-state index < -0.39 is 0 Å². The van der Waals surface area contributed by atoms with Crippen LogP contribution in [0.15, 0.2) is 42.7 Å². The minimum Gasteiger partial charge on any atom is -0.352 e. The zero-order valence-corrected chi connectivity index (χ0v) is 15.9. The number of aromatic nitrogens is 2. The SMILES string of the molecule is O=C(CC12CC3CC(CC(C3)C1)C2)NCc1ccc(Cn2cccn2)cc1. The molecule has 0 unspecified atom stereocenters. The van der Waals surface area contributed by atoms with Gasteiger partial charge in [-0.15, -0.1) is 0 Å². The van der Waals surface area contributed by atoms with Crippen molar-refractivity contribution < 1.29 is 4.79 Å². The van der Waals surface area contributed by atoms with Gasteiger partial charge in [-0.1, -0.05) is 24.3 Å². The van der Waals surface area contributed by atoms with Crippen molar-refractivity contribution in [3.05, 3.63) is 53.9 Å². The summed E-state index contributed by atoms with van der Waals surface area (Å²) in [5, 5.41) is 7.42. The smallest absolute Gasteiger partial charge is 0.220 e. The average molecular weight is 364 g/mol.